The highest BCUT2D eigenvalue weighted by Crippen LogP contribution is 2.12. The van der Waals surface area contributed by atoms with Crippen LogP contribution in [-0.2, 0) is 9.59 Å². The normalized spacial score (nSPS) is 15.3. The molecule has 70 valence electrons. The van der Waals surface area contributed by atoms with Gasteiger partial charge in [-0.3, -0.25) is 9.59 Å². The third-order valence-electron chi connectivity index (χ3n) is 2.36. The summed E-state index contributed by atoms with van der Waals surface area (Å²) < 4.78 is 0. The van der Waals surface area contributed by atoms with Gasteiger partial charge in [0.25, 0.3) is 0 Å². The van der Waals surface area contributed by atoms with Crippen molar-refractivity contribution in [2.45, 2.75) is 40.5 Å². The average molecular weight is 170 g/mol. The molecule has 0 heterocycles. The van der Waals surface area contributed by atoms with E-state index in [1.165, 1.54) is 0 Å². The van der Waals surface area contributed by atoms with Crippen LogP contribution in [-0.4, -0.2) is 11.6 Å². The van der Waals surface area contributed by atoms with Crippen molar-refractivity contribution in [3.05, 3.63) is 0 Å². The fourth-order valence-corrected chi connectivity index (χ4v) is 1.09. The molecule has 0 rings (SSSR count). The van der Waals surface area contributed by atoms with Gasteiger partial charge in [0, 0.05) is 12.3 Å². The number of Topliss-reactive ketones (excluding diaryl/α,β-unsaturated/α-hetero) is 2. The number of ketones is 2. The van der Waals surface area contributed by atoms with Gasteiger partial charge in [0.05, 0.1) is 5.92 Å². The molecule has 2 heteroatoms. The molecule has 0 spiro atoms. The van der Waals surface area contributed by atoms with Crippen LogP contribution >= 0.6 is 0 Å². The third kappa shape index (κ3) is 2.76. The van der Waals surface area contributed by atoms with Gasteiger partial charge in [-0.15, -0.1) is 0 Å². The quantitative estimate of drug-likeness (QED) is 0.593. The predicted octanol–water partition coefficient (Wildman–Crippen LogP) is 2.22. The van der Waals surface area contributed by atoms with E-state index in [1.54, 1.807) is 13.8 Å². The molecular formula is C10H18O2. The van der Waals surface area contributed by atoms with Crippen LogP contribution in [0.3, 0.4) is 0 Å². The van der Waals surface area contributed by atoms with Gasteiger partial charge in [0.1, 0.15) is 11.6 Å². The van der Waals surface area contributed by atoms with E-state index in [0.29, 0.717) is 6.42 Å². The summed E-state index contributed by atoms with van der Waals surface area (Å²) in [5, 5.41) is 0. The van der Waals surface area contributed by atoms with Crippen molar-refractivity contribution in [3.63, 3.8) is 0 Å². The van der Waals surface area contributed by atoms with Gasteiger partial charge in [-0.2, -0.15) is 0 Å². The SMILES string of the molecule is CCC(=O)C(C)C(=O)C(C)CC. The molecule has 2 atom stereocenters. The van der Waals surface area contributed by atoms with Crippen molar-refractivity contribution in [3.8, 4) is 0 Å². The highest BCUT2D eigenvalue weighted by Gasteiger charge is 2.23. The van der Waals surface area contributed by atoms with Crippen LogP contribution in [0.2, 0.25) is 0 Å². The van der Waals surface area contributed by atoms with Gasteiger partial charge in [0.2, 0.25) is 0 Å². The second-order valence-corrected chi connectivity index (χ2v) is 3.25. The lowest BCUT2D eigenvalue weighted by atomic mass is 9.90. The molecule has 0 aliphatic heterocycles. The Bertz CT molecular complexity index is 173. The summed E-state index contributed by atoms with van der Waals surface area (Å²) >= 11 is 0. The summed E-state index contributed by atoms with van der Waals surface area (Å²) in [4.78, 5) is 22.6. The lowest BCUT2D eigenvalue weighted by molar-refractivity contribution is -0.134. The summed E-state index contributed by atoms with van der Waals surface area (Å²) in [5.41, 5.74) is 0. The molecule has 0 radical (unpaired) electrons. The van der Waals surface area contributed by atoms with Gasteiger partial charge >= 0.3 is 0 Å². The second-order valence-electron chi connectivity index (χ2n) is 3.25. The zero-order valence-electron chi connectivity index (χ0n) is 8.39. The topological polar surface area (TPSA) is 34.1 Å². The zero-order valence-corrected chi connectivity index (χ0v) is 8.39. The fourth-order valence-electron chi connectivity index (χ4n) is 1.09. The van der Waals surface area contributed by atoms with E-state index < -0.39 is 5.92 Å². The summed E-state index contributed by atoms with van der Waals surface area (Å²) in [6.45, 7) is 7.34. The largest absolute Gasteiger partial charge is 0.299 e. The van der Waals surface area contributed by atoms with Crippen LogP contribution in [0.15, 0.2) is 0 Å². The maximum absolute atomic E-state index is 11.5. The van der Waals surface area contributed by atoms with E-state index in [-0.39, 0.29) is 17.5 Å². The average Bonchev–Trinajstić information content (AvgIpc) is 2.12. The Kier molecular flexibility index (Phi) is 4.79. The first-order chi connectivity index (χ1) is 5.54. The van der Waals surface area contributed by atoms with Crippen LogP contribution in [0.5, 0.6) is 0 Å². The maximum atomic E-state index is 11.5. The van der Waals surface area contributed by atoms with Crippen molar-refractivity contribution in [1.82, 2.24) is 0 Å². The minimum atomic E-state index is -0.398. The molecule has 0 fully saturated rings. The molecule has 0 saturated heterocycles. The van der Waals surface area contributed by atoms with E-state index in [1.807, 2.05) is 13.8 Å². The monoisotopic (exact) mass is 170 g/mol. The van der Waals surface area contributed by atoms with Crippen LogP contribution in [0.25, 0.3) is 0 Å². The molecule has 12 heavy (non-hydrogen) atoms. The molecule has 0 aliphatic rings. The number of carbonyl (C=O) groups excluding carboxylic acids is 2. The summed E-state index contributed by atoms with van der Waals surface area (Å²) in [5.74, 6) is -0.231. The lowest BCUT2D eigenvalue weighted by Gasteiger charge is -2.12. The molecule has 0 aliphatic carbocycles. The Balaban J connectivity index is 4.19. The van der Waals surface area contributed by atoms with Gasteiger partial charge in [0.15, 0.2) is 0 Å². The summed E-state index contributed by atoms with van der Waals surface area (Å²) in [6.07, 6.45) is 1.28. The van der Waals surface area contributed by atoms with Crippen molar-refractivity contribution >= 4 is 11.6 Å². The highest BCUT2D eigenvalue weighted by atomic mass is 16.1. The Morgan fingerprint density at radius 3 is 2.00 bits per heavy atom. The van der Waals surface area contributed by atoms with E-state index in [0.717, 1.165) is 6.42 Å². The molecule has 0 amide bonds. The number of rotatable bonds is 5. The summed E-state index contributed by atoms with van der Waals surface area (Å²) in [7, 11) is 0. The van der Waals surface area contributed by atoms with E-state index in [2.05, 4.69) is 0 Å². The number of hydrogen-bond acceptors (Lipinski definition) is 2. The van der Waals surface area contributed by atoms with Crippen LogP contribution in [0.1, 0.15) is 40.5 Å². The minimum Gasteiger partial charge on any atom is -0.299 e. The smallest absolute Gasteiger partial charge is 0.145 e. The number of carbonyl (C=O) groups is 2. The van der Waals surface area contributed by atoms with Crippen molar-refractivity contribution in [1.29, 1.82) is 0 Å². The first-order valence-electron chi connectivity index (χ1n) is 4.60. The second kappa shape index (κ2) is 5.07. The van der Waals surface area contributed by atoms with Gasteiger partial charge < -0.3 is 0 Å². The van der Waals surface area contributed by atoms with Crippen molar-refractivity contribution in [2.24, 2.45) is 11.8 Å². The lowest BCUT2D eigenvalue weighted by Crippen LogP contribution is -2.25. The Morgan fingerprint density at radius 1 is 1.17 bits per heavy atom. The molecular weight excluding hydrogens is 152 g/mol. The first kappa shape index (κ1) is 11.3. The summed E-state index contributed by atoms with van der Waals surface area (Å²) in [6, 6.07) is 0. The van der Waals surface area contributed by atoms with Crippen molar-refractivity contribution < 1.29 is 9.59 Å². The first-order valence-corrected chi connectivity index (χ1v) is 4.60. The minimum absolute atomic E-state index is 0.0236. The Labute approximate surface area is 74.3 Å². The molecule has 2 unspecified atom stereocenters. The molecule has 0 saturated carbocycles. The zero-order chi connectivity index (χ0) is 9.72. The Morgan fingerprint density at radius 2 is 1.67 bits per heavy atom. The van der Waals surface area contributed by atoms with E-state index in [9.17, 15) is 9.59 Å². The molecule has 0 N–H and O–H groups in total. The van der Waals surface area contributed by atoms with Crippen LogP contribution in [0.4, 0.5) is 0 Å². The molecule has 0 bridgehead atoms. The predicted molar refractivity (Wildman–Crippen MR) is 48.9 cm³/mol. The van der Waals surface area contributed by atoms with E-state index in [4.69, 9.17) is 0 Å². The fraction of sp³-hybridized carbons (Fsp3) is 0.800. The van der Waals surface area contributed by atoms with Crippen molar-refractivity contribution in [2.75, 3.05) is 0 Å². The molecule has 0 aromatic rings. The van der Waals surface area contributed by atoms with Gasteiger partial charge in [-0.1, -0.05) is 20.8 Å². The third-order valence-corrected chi connectivity index (χ3v) is 2.36. The van der Waals surface area contributed by atoms with Crippen LogP contribution < -0.4 is 0 Å². The molecule has 0 aromatic carbocycles. The standard InChI is InChI=1S/C10H18O2/c1-5-7(3)10(12)8(4)9(11)6-2/h7-8H,5-6H2,1-4H3. The van der Waals surface area contributed by atoms with E-state index >= 15 is 0 Å². The Hall–Kier alpha value is -0.660. The maximum Gasteiger partial charge on any atom is 0.145 e. The van der Waals surface area contributed by atoms with Gasteiger partial charge in [-0.05, 0) is 13.3 Å². The number of hydrogen-bond donors (Lipinski definition) is 0. The molecule has 2 nitrogen and oxygen atoms in total. The van der Waals surface area contributed by atoms with Crippen LogP contribution in [0, 0.1) is 11.8 Å². The molecule has 0 aromatic heterocycles. The highest BCUT2D eigenvalue weighted by molar-refractivity contribution is 6.02. The van der Waals surface area contributed by atoms with Gasteiger partial charge in [-0.25, -0.2) is 0 Å².